The molecule has 0 atom stereocenters. The molecule has 1 N–H and O–H groups in total. The van der Waals surface area contributed by atoms with Gasteiger partial charge in [-0.15, -0.1) is 0 Å². The Labute approximate surface area is 210 Å². The van der Waals surface area contributed by atoms with E-state index in [-0.39, 0.29) is 23.6 Å². The summed E-state index contributed by atoms with van der Waals surface area (Å²) in [6.07, 6.45) is 10.7. The molecule has 4 rings (SSSR count). The Hall–Kier alpha value is -3.68. The SMILES string of the molecule is O=C(/C=C\c1cccnc1)NC/C=C/CN1CCN(C(c2ccc(F)cc2)c2ccc(F)cc2)CC1. The molecular weight excluding hydrogens is 458 g/mol. The number of halogens is 2. The molecule has 7 heteroatoms. The zero-order valence-corrected chi connectivity index (χ0v) is 20.1. The molecule has 0 saturated carbocycles. The Bertz CT molecular complexity index is 1110. The number of benzene rings is 2. The summed E-state index contributed by atoms with van der Waals surface area (Å²) in [5.74, 6) is -0.687. The Morgan fingerprint density at radius 3 is 2.14 bits per heavy atom. The van der Waals surface area contributed by atoms with Crippen LogP contribution in [-0.2, 0) is 4.79 Å². The molecule has 0 unspecified atom stereocenters. The summed E-state index contributed by atoms with van der Waals surface area (Å²) in [6.45, 7) is 4.69. The van der Waals surface area contributed by atoms with Crippen molar-refractivity contribution >= 4 is 12.0 Å². The molecule has 1 amide bonds. The van der Waals surface area contributed by atoms with Crippen LogP contribution in [0.4, 0.5) is 8.78 Å². The maximum absolute atomic E-state index is 13.5. The van der Waals surface area contributed by atoms with Crippen LogP contribution in [0.15, 0.2) is 91.3 Å². The lowest BCUT2D eigenvalue weighted by Gasteiger charge is -2.39. The van der Waals surface area contributed by atoms with Gasteiger partial charge in [0.05, 0.1) is 6.04 Å². The molecule has 186 valence electrons. The summed E-state index contributed by atoms with van der Waals surface area (Å²) < 4.78 is 27.0. The van der Waals surface area contributed by atoms with Gasteiger partial charge < -0.3 is 5.32 Å². The molecule has 2 aromatic carbocycles. The number of piperazine rings is 1. The second-order valence-corrected chi connectivity index (χ2v) is 8.68. The van der Waals surface area contributed by atoms with Crippen LogP contribution in [0.5, 0.6) is 0 Å². The van der Waals surface area contributed by atoms with Crippen LogP contribution >= 0.6 is 0 Å². The van der Waals surface area contributed by atoms with Gasteiger partial charge in [0.15, 0.2) is 0 Å². The van der Waals surface area contributed by atoms with Crippen LogP contribution < -0.4 is 5.32 Å². The topological polar surface area (TPSA) is 48.5 Å². The van der Waals surface area contributed by atoms with Crippen LogP contribution in [0, 0.1) is 11.6 Å². The summed E-state index contributed by atoms with van der Waals surface area (Å²) in [4.78, 5) is 20.7. The van der Waals surface area contributed by atoms with E-state index in [0.29, 0.717) is 6.54 Å². The minimum atomic E-state index is -0.270. The quantitative estimate of drug-likeness (QED) is 0.357. The molecule has 5 nitrogen and oxygen atoms in total. The number of hydrogen-bond acceptors (Lipinski definition) is 4. The molecule has 1 aliphatic heterocycles. The Morgan fingerprint density at radius 1 is 0.917 bits per heavy atom. The molecule has 1 aromatic heterocycles. The number of nitrogens with zero attached hydrogens (tertiary/aromatic N) is 3. The zero-order valence-electron chi connectivity index (χ0n) is 20.1. The number of aromatic nitrogens is 1. The van der Waals surface area contributed by atoms with Crippen molar-refractivity contribution in [2.24, 2.45) is 0 Å². The van der Waals surface area contributed by atoms with E-state index in [1.807, 2.05) is 18.2 Å². The Balaban J connectivity index is 1.25. The number of pyridine rings is 1. The lowest BCUT2D eigenvalue weighted by Crippen LogP contribution is -2.47. The van der Waals surface area contributed by atoms with Gasteiger partial charge in [-0.05, 0) is 53.1 Å². The molecule has 0 radical (unpaired) electrons. The third-order valence-corrected chi connectivity index (χ3v) is 6.18. The van der Waals surface area contributed by atoms with Gasteiger partial charge in [-0.3, -0.25) is 19.6 Å². The minimum absolute atomic E-state index is 0.0566. The first-order valence-electron chi connectivity index (χ1n) is 12.1. The number of nitrogens with one attached hydrogen (secondary N) is 1. The number of carbonyl (C=O) groups is 1. The summed E-state index contributed by atoms with van der Waals surface area (Å²) in [7, 11) is 0. The number of amides is 1. The molecule has 0 bridgehead atoms. The highest BCUT2D eigenvalue weighted by molar-refractivity contribution is 5.91. The first-order chi connectivity index (χ1) is 17.6. The molecule has 3 aromatic rings. The van der Waals surface area contributed by atoms with Gasteiger partial charge in [0.1, 0.15) is 11.6 Å². The van der Waals surface area contributed by atoms with Gasteiger partial charge in [0, 0.05) is 57.7 Å². The molecule has 0 aliphatic carbocycles. The van der Waals surface area contributed by atoms with Crippen molar-refractivity contribution in [1.82, 2.24) is 20.1 Å². The second-order valence-electron chi connectivity index (χ2n) is 8.68. The maximum Gasteiger partial charge on any atom is 0.244 e. The number of rotatable bonds is 9. The van der Waals surface area contributed by atoms with Gasteiger partial charge >= 0.3 is 0 Å². The predicted octanol–water partition coefficient (Wildman–Crippen LogP) is 4.45. The van der Waals surface area contributed by atoms with Crippen molar-refractivity contribution in [1.29, 1.82) is 0 Å². The highest BCUT2D eigenvalue weighted by Gasteiger charge is 2.26. The molecule has 36 heavy (non-hydrogen) atoms. The molecular formula is C29H30F2N4O. The van der Waals surface area contributed by atoms with Crippen molar-refractivity contribution in [2.45, 2.75) is 6.04 Å². The average Bonchev–Trinajstić information content (AvgIpc) is 2.91. The standard InChI is InChI=1S/C29H30F2N4O/c30-26-10-6-24(7-11-26)29(25-8-12-27(31)13-9-25)35-20-18-34(19-21-35)17-2-1-16-33-28(36)14-5-23-4-3-15-32-22-23/h1-15,22,29H,16-21H2,(H,33,36)/b2-1+,14-5-. The van der Waals surface area contributed by atoms with E-state index in [1.54, 1.807) is 42.7 Å². The van der Waals surface area contributed by atoms with Gasteiger partial charge in [0.25, 0.3) is 0 Å². The molecule has 1 saturated heterocycles. The smallest absolute Gasteiger partial charge is 0.244 e. The summed E-state index contributed by atoms with van der Waals surface area (Å²) in [5.41, 5.74) is 2.86. The van der Waals surface area contributed by atoms with Gasteiger partial charge in [-0.25, -0.2) is 8.78 Å². The minimum Gasteiger partial charge on any atom is -0.349 e. The first kappa shape index (κ1) is 25.4. The van der Waals surface area contributed by atoms with Gasteiger partial charge in [0.2, 0.25) is 5.91 Å². The van der Waals surface area contributed by atoms with E-state index >= 15 is 0 Å². The summed E-state index contributed by atoms with van der Waals surface area (Å²) in [6, 6.07) is 16.8. The monoisotopic (exact) mass is 488 g/mol. The highest BCUT2D eigenvalue weighted by Crippen LogP contribution is 2.30. The second kappa shape index (κ2) is 12.9. The van der Waals surface area contributed by atoms with Crippen molar-refractivity contribution in [3.63, 3.8) is 0 Å². The van der Waals surface area contributed by atoms with Crippen molar-refractivity contribution < 1.29 is 13.6 Å². The Morgan fingerprint density at radius 2 is 1.56 bits per heavy atom. The molecule has 1 aliphatic rings. The predicted molar refractivity (Wildman–Crippen MR) is 138 cm³/mol. The van der Waals surface area contributed by atoms with Crippen molar-refractivity contribution in [3.05, 3.63) is 120 Å². The molecule has 0 spiro atoms. The van der Waals surface area contributed by atoms with Crippen LogP contribution in [0.1, 0.15) is 22.7 Å². The summed E-state index contributed by atoms with van der Waals surface area (Å²) >= 11 is 0. The summed E-state index contributed by atoms with van der Waals surface area (Å²) in [5, 5.41) is 2.84. The molecule has 1 fully saturated rings. The fraction of sp³-hybridized carbons (Fsp3) is 0.241. The fourth-order valence-electron chi connectivity index (χ4n) is 4.28. The third kappa shape index (κ3) is 7.41. The van der Waals surface area contributed by atoms with E-state index in [9.17, 15) is 13.6 Å². The normalized spacial score (nSPS) is 15.2. The van der Waals surface area contributed by atoms with E-state index in [4.69, 9.17) is 0 Å². The molecule has 2 heterocycles. The largest absolute Gasteiger partial charge is 0.349 e. The Kier molecular flexibility index (Phi) is 9.08. The van der Waals surface area contributed by atoms with E-state index in [1.165, 1.54) is 30.3 Å². The van der Waals surface area contributed by atoms with Gasteiger partial charge in [-0.2, -0.15) is 0 Å². The van der Waals surface area contributed by atoms with Crippen molar-refractivity contribution in [3.8, 4) is 0 Å². The van der Waals surface area contributed by atoms with Gasteiger partial charge in [-0.1, -0.05) is 42.5 Å². The highest BCUT2D eigenvalue weighted by atomic mass is 19.1. The van der Waals surface area contributed by atoms with Crippen LogP contribution in [-0.4, -0.2) is 60.0 Å². The van der Waals surface area contributed by atoms with E-state index in [2.05, 4.69) is 26.2 Å². The first-order valence-corrected chi connectivity index (χ1v) is 12.1. The zero-order chi connectivity index (χ0) is 25.2. The number of hydrogen-bond donors (Lipinski definition) is 1. The van der Waals surface area contributed by atoms with Crippen LogP contribution in [0.2, 0.25) is 0 Å². The van der Waals surface area contributed by atoms with E-state index in [0.717, 1.165) is 49.4 Å². The lowest BCUT2D eigenvalue weighted by atomic mass is 9.96. The lowest BCUT2D eigenvalue weighted by molar-refractivity contribution is -0.116. The van der Waals surface area contributed by atoms with Crippen LogP contribution in [0.25, 0.3) is 6.08 Å². The number of carbonyl (C=O) groups excluding carboxylic acids is 1. The fourth-order valence-corrected chi connectivity index (χ4v) is 4.28. The average molecular weight is 489 g/mol. The van der Waals surface area contributed by atoms with E-state index < -0.39 is 0 Å². The van der Waals surface area contributed by atoms with Crippen LogP contribution in [0.3, 0.4) is 0 Å². The third-order valence-electron chi connectivity index (χ3n) is 6.18. The maximum atomic E-state index is 13.5. The van der Waals surface area contributed by atoms with Crippen molar-refractivity contribution in [2.75, 3.05) is 39.3 Å².